The predicted molar refractivity (Wildman–Crippen MR) is 107 cm³/mol. The van der Waals surface area contributed by atoms with Crippen LogP contribution in [-0.4, -0.2) is 35.5 Å². The molecular formula is C19H19BrN2O2S. The van der Waals surface area contributed by atoms with Crippen LogP contribution < -0.4 is 10.1 Å². The van der Waals surface area contributed by atoms with E-state index in [9.17, 15) is 4.79 Å². The second-order valence-corrected chi connectivity index (χ2v) is 7.17. The summed E-state index contributed by atoms with van der Waals surface area (Å²) < 4.78 is 6.51. The smallest absolute Gasteiger partial charge is 0.262 e. The van der Waals surface area contributed by atoms with Gasteiger partial charge in [0, 0.05) is 28.8 Å². The topological polar surface area (TPSA) is 41.6 Å². The average Bonchev–Trinajstić information content (AvgIpc) is 3.16. The number of rotatable bonds is 5. The summed E-state index contributed by atoms with van der Waals surface area (Å²) in [7, 11) is 0. The highest BCUT2D eigenvalue weighted by Crippen LogP contribution is 2.18. The van der Waals surface area contributed by atoms with Gasteiger partial charge in [-0.1, -0.05) is 28.1 Å². The quantitative estimate of drug-likeness (QED) is 0.737. The number of halogens is 1. The van der Waals surface area contributed by atoms with Crippen molar-refractivity contribution >= 4 is 44.7 Å². The van der Waals surface area contributed by atoms with Gasteiger partial charge in [-0.2, -0.15) is 0 Å². The van der Waals surface area contributed by atoms with Crippen molar-refractivity contribution < 1.29 is 9.53 Å². The zero-order valence-electron chi connectivity index (χ0n) is 13.7. The van der Waals surface area contributed by atoms with Gasteiger partial charge in [0.05, 0.1) is 0 Å². The molecule has 1 fully saturated rings. The summed E-state index contributed by atoms with van der Waals surface area (Å²) in [6.07, 6.45) is 2.41. The summed E-state index contributed by atoms with van der Waals surface area (Å²) in [6, 6.07) is 15.0. The first-order chi connectivity index (χ1) is 12.1. The fraction of sp³-hybridized carbons (Fsp3) is 0.263. The number of carbonyl (C=O) groups excluding carboxylic acids is 1. The first kappa shape index (κ1) is 17.9. The molecule has 0 unspecified atom stereocenters. The van der Waals surface area contributed by atoms with Crippen LogP contribution in [-0.2, 0) is 4.79 Å². The van der Waals surface area contributed by atoms with Crippen LogP contribution in [0.15, 0.2) is 53.0 Å². The number of benzene rings is 2. The van der Waals surface area contributed by atoms with E-state index < -0.39 is 0 Å². The van der Waals surface area contributed by atoms with Gasteiger partial charge < -0.3 is 15.0 Å². The fourth-order valence-corrected chi connectivity index (χ4v) is 3.26. The monoisotopic (exact) mass is 418 g/mol. The van der Waals surface area contributed by atoms with E-state index in [0.29, 0.717) is 5.75 Å². The lowest BCUT2D eigenvalue weighted by Gasteiger charge is -2.18. The molecule has 2 aromatic carbocycles. The summed E-state index contributed by atoms with van der Waals surface area (Å²) >= 11 is 8.89. The van der Waals surface area contributed by atoms with Crippen molar-refractivity contribution in [2.75, 3.05) is 25.0 Å². The molecule has 1 aliphatic heterocycles. The Morgan fingerprint density at radius 1 is 1.08 bits per heavy atom. The number of hydrogen-bond acceptors (Lipinski definition) is 3. The maximum Gasteiger partial charge on any atom is 0.262 e. The second kappa shape index (κ2) is 8.45. The van der Waals surface area contributed by atoms with Gasteiger partial charge in [0.1, 0.15) is 10.7 Å². The van der Waals surface area contributed by atoms with Gasteiger partial charge in [-0.15, -0.1) is 0 Å². The number of carbonyl (C=O) groups is 1. The first-order valence-corrected chi connectivity index (χ1v) is 9.39. The van der Waals surface area contributed by atoms with Crippen molar-refractivity contribution in [2.24, 2.45) is 0 Å². The Hall–Kier alpha value is -1.92. The normalized spacial score (nSPS) is 13.6. The van der Waals surface area contributed by atoms with Crippen LogP contribution >= 0.6 is 28.1 Å². The minimum Gasteiger partial charge on any atom is -0.484 e. The summed E-state index contributed by atoms with van der Waals surface area (Å²) in [5.74, 6) is 0.456. The van der Waals surface area contributed by atoms with E-state index in [4.69, 9.17) is 17.0 Å². The fourth-order valence-electron chi connectivity index (χ4n) is 2.68. The molecule has 0 aromatic heterocycles. The van der Waals surface area contributed by atoms with Crippen molar-refractivity contribution in [1.29, 1.82) is 0 Å². The minimum atomic E-state index is -0.195. The number of thiocarbonyl (C=S) groups is 1. The molecule has 6 heteroatoms. The van der Waals surface area contributed by atoms with Gasteiger partial charge >= 0.3 is 0 Å². The maximum atomic E-state index is 11.9. The Kier molecular flexibility index (Phi) is 6.04. The third-order valence-corrected chi connectivity index (χ3v) is 5.02. The first-order valence-electron chi connectivity index (χ1n) is 8.19. The lowest BCUT2D eigenvalue weighted by Crippen LogP contribution is -2.26. The van der Waals surface area contributed by atoms with Crippen LogP contribution in [0.4, 0.5) is 5.69 Å². The number of anilines is 1. The van der Waals surface area contributed by atoms with Gasteiger partial charge in [-0.25, -0.2) is 0 Å². The van der Waals surface area contributed by atoms with E-state index in [1.165, 1.54) is 12.8 Å². The van der Waals surface area contributed by atoms with Gasteiger partial charge in [-0.05, 0) is 61.4 Å². The van der Waals surface area contributed by atoms with Gasteiger partial charge in [0.25, 0.3) is 5.91 Å². The Labute approximate surface area is 161 Å². The van der Waals surface area contributed by atoms with Crippen LogP contribution in [0.3, 0.4) is 0 Å². The molecule has 0 aliphatic carbocycles. The van der Waals surface area contributed by atoms with E-state index in [-0.39, 0.29) is 12.5 Å². The molecule has 1 aliphatic rings. The number of hydrogen-bond donors (Lipinski definition) is 1. The van der Waals surface area contributed by atoms with E-state index >= 15 is 0 Å². The zero-order chi connectivity index (χ0) is 17.6. The zero-order valence-corrected chi connectivity index (χ0v) is 16.1. The van der Waals surface area contributed by atoms with Crippen LogP contribution in [0.2, 0.25) is 0 Å². The third kappa shape index (κ3) is 5.03. The van der Waals surface area contributed by atoms with Crippen LogP contribution in [0.5, 0.6) is 5.75 Å². The molecule has 1 amide bonds. The summed E-state index contributed by atoms with van der Waals surface area (Å²) in [4.78, 5) is 15.1. The Balaban J connectivity index is 1.50. The molecular weight excluding hydrogens is 400 g/mol. The second-order valence-electron chi connectivity index (χ2n) is 5.87. The molecule has 130 valence electrons. The maximum absolute atomic E-state index is 11.9. The van der Waals surface area contributed by atoms with Gasteiger partial charge in [0.15, 0.2) is 6.61 Å². The van der Waals surface area contributed by atoms with E-state index in [1.807, 2.05) is 48.5 Å². The number of nitrogens with zero attached hydrogens (tertiary/aromatic N) is 1. The van der Waals surface area contributed by atoms with Crippen molar-refractivity contribution in [3.05, 3.63) is 58.6 Å². The largest absolute Gasteiger partial charge is 0.484 e. The molecule has 1 saturated heterocycles. The highest BCUT2D eigenvalue weighted by atomic mass is 79.9. The van der Waals surface area contributed by atoms with Crippen LogP contribution in [0, 0.1) is 0 Å². The van der Waals surface area contributed by atoms with Gasteiger partial charge in [-0.3, -0.25) is 4.79 Å². The molecule has 1 heterocycles. The highest BCUT2D eigenvalue weighted by molar-refractivity contribution is 9.10. The Morgan fingerprint density at radius 2 is 1.72 bits per heavy atom. The Bertz CT molecular complexity index is 741. The third-order valence-electron chi connectivity index (χ3n) is 3.99. The van der Waals surface area contributed by atoms with E-state index in [1.54, 1.807) is 0 Å². The lowest BCUT2D eigenvalue weighted by atomic mass is 10.2. The lowest BCUT2D eigenvalue weighted by molar-refractivity contribution is -0.118. The standard InChI is InChI=1S/C19H19BrN2O2S/c20-15-5-7-16(8-6-15)21-18(23)13-24-17-9-3-14(4-10-17)19(25)22-11-1-2-12-22/h3-10H,1-2,11-13H2,(H,21,23). The van der Waals surface area contributed by atoms with Crippen molar-refractivity contribution in [2.45, 2.75) is 12.8 Å². The van der Waals surface area contributed by atoms with Crippen LogP contribution in [0.1, 0.15) is 18.4 Å². The summed E-state index contributed by atoms with van der Waals surface area (Å²) in [5.41, 5.74) is 1.76. The molecule has 25 heavy (non-hydrogen) atoms. The molecule has 4 nitrogen and oxygen atoms in total. The van der Waals surface area contributed by atoms with Crippen LogP contribution in [0.25, 0.3) is 0 Å². The highest BCUT2D eigenvalue weighted by Gasteiger charge is 2.16. The van der Waals surface area contributed by atoms with Crippen molar-refractivity contribution in [3.63, 3.8) is 0 Å². The predicted octanol–water partition coefficient (Wildman–Crippen LogP) is 4.24. The molecule has 0 bridgehead atoms. The van der Waals surface area contributed by atoms with Crippen molar-refractivity contribution in [3.8, 4) is 5.75 Å². The minimum absolute atomic E-state index is 0.0357. The van der Waals surface area contributed by atoms with E-state index in [2.05, 4.69) is 26.1 Å². The summed E-state index contributed by atoms with van der Waals surface area (Å²) in [6.45, 7) is 2.03. The van der Waals surface area contributed by atoms with Crippen molar-refractivity contribution in [1.82, 2.24) is 4.90 Å². The Morgan fingerprint density at radius 3 is 2.36 bits per heavy atom. The molecule has 0 atom stereocenters. The number of amides is 1. The molecule has 0 spiro atoms. The number of nitrogens with one attached hydrogen (secondary N) is 1. The number of likely N-dealkylation sites (tertiary alicyclic amines) is 1. The SMILES string of the molecule is O=C(COc1ccc(C(=S)N2CCCC2)cc1)Nc1ccc(Br)cc1. The van der Waals surface area contributed by atoms with Gasteiger partial charge in [0.2, 0.25) is 0 Å². The molecule has 2 aromatic rings. The molecule has 3 rings (SSSR count). The summed E-state index contributed by atoms with van der Waals surface area (Å²) in [5, 5.41) is 2.79. The van der Waals surface area contributed by atoms with E-state index in [0.717, 1.165) is 33.8 Å². The molecule has 0 radical (unpaired) electrons. The average molecular weight is 419 g/mol. The molecule has 1 N–H and O–H groups in total. The molecule has 0 saturated carbocycles. The number of ether oxygens (including phenoxy) is 1.